The zero-order valence-electron chi connectivity index (χ0n) is 14.4. The van der Waals surface area contributed by atoms with E-state index in [-0.39, 0.29) is 29.3 Å². The van der Waals surface area contributed by atoms with Crippen LogP contribution in [0.5, 0.6) is 0 Å². The van der Waals surface area contributed by atoms with Crippen molar-refractivity contribution in [3.63, 3.8) is 0 Å². The number of nitrogens with zero attached hydrogens (tertiary/aromatic N) is 1. The first-order valence-corrected chi connectivity index (χ1v) is 10.1. The van der Waals surface area contributed by atoms with E-state index in [1.54, 1.807) is 12.1 Å². The molecule has 24 heavy (non-hydrogen) atoms. The smallest absolute Gasteiger partial charge is 0.243 e. The van der Waals surface area contributed by atoms with Gasteiger partial charge < -0.3 is 5.32 Å². The number of nitrogens with one attached hydrogen (secondary N) is 1. The normalized spacial score (nSPS) is 20.6. The predicted molar refractivity (Wildman–Crippen MR) is 95.6 cm³/mol. The number of piperidine rings is 1. The van der Waals surface area contributed by atoms with Gasteiger partial charge in [-0.15, -0.1) is 0 Å². The maximum atomic E-state index is 12.8. The van der Waals surface area contributed by atoms with Gasteiger partial charge >= 0.3 is 0 Å². The quantitative estimate of drug-likeness (QED) is 0.864. The lowest BCUT2D eigenvalue weighted by molar-refractivity contribution is -0.126. The monoisotopic (exact) mass is 372 g/mol. The van der Waals surface area contributed by atoms with E-state index in [1.807, 2.05) is 20.8 Å². The fourth-order valence-electron chi connectivity index (χ4n) is 2.72. The molecule has 0 saturated carbocycles. The highest BCUT2D eigenvalue weighted by molar-refractivity contribution is 7.89. The molecule has 1 saturated heterocycles. The van der Waals surface area contributed by atoms with Crippen molar-refractivity contribution in [2.75, 3.05) is 13.1 Å². The van der Waals surface area contributed by atoms with Crippen molar-refractivity contribution in [1.29, 1.82) is 0 Å². The highest BCUT2D eigenvalue weighted by Gasteiger charge is 2.33. The second-order valence-corrected chi connectivity index (χ2v) is 8.78. The maximum absolute atomic E-state index is 12.8. The topological polar surface area (TPSA) is 66.5 Å². The summed E-state index contributed by atoms with van der Waals surface area (Å²) in [6.07, 6.45) is 2.24. The number of carbonyl (C=O) groups excluding carboxylic acids is 1. The Labute approximate surface area is 149 Å². The third-order valence-corrected chi connectivity index (χ3v) is 6.81. The summed E-state index contributed by atoms with van der Waals surface area (Å²) in [4.78, 5) is 12.5. The van der Waals surface area contributed by atoms with Crippen LogP contribution in [0.25, 0.3) is 0 Å². The molecule has 0 aliphatic carbocycles. The molecule has 134 valence electrons. The Hall–Kier alpha value is -1.11. The number of hydrogen-bond donors (Lipinski definition) is 1. The second kappa shape index (κ2) is 7.85. The van der Waals surface area contributed by atoms with Gasteiger partial charge in [0.25, 0.3) is 0 Å². The average molecular weight is 373 g/mol. The summed E-state index contributed by atoms with van der Waals surface area (Å²) in [6.45, 7) is 6.43. The molecule has 0 bridgehead atoms. The lowest BCUT2D eigenvalue weighted by Crippen LogP contribution is -2.47. The molecule has 1 amide bonds. The number of aryl methyl sites for hydroxylation is 1. The van der Waals surface area contributed by atoms with Crippen LogP contribution in [-0.4, -0.2) is 37.8 Å². The summed E-state index contributed by atoms with van der Waals surface area (Å²) >= 11 is 6.06. The minimum Gasteiger partial charge on any atom is -0.353 e. The molecule has 7 heteroatoms. The van der Waals surface area contributed by atoms with Crippen LogP contribution in [0.15, 0.2) is 23.1 Å². The van der Waals surface area contributed by atoms with Crippen LogP contribution in [0, 0.1) is 12.8 Å². The predicted octanol–water partition coefficient (Wildman–Crippen LogP) is 2.96. The van der Waals surface area contributed by atoms with Crippen LogP contribution in [0.1, 0.15) is 38.7 Å². The van der Waals surface area contributed by atoms with Gasteiger partial charge in [-0.05, 0) is 50.8 Å². The number of halogens is 1. The van der Waals surface area contributed by atoms with Crippen LogP contribution in [0.2, 0.25) is 5.02 Å². The van der Waals surface area contributed by atoms with Crippen molar-refractivity contribution in [2.24, 2.45) is 5.92 Å². The van der Waals surface area contributed by atoms with E-state index in [2.05, 4.69) is 5.32 Å². The number of amides is 1. The van der Waals surface area contributed by atoms with E-state index in [4.69, 9.17) is 11.6 Å². The molecule has 2 rings (SSSR count). The van der Waals surface area contributed by atoms with Gasteiger partial charge in [0.1, 0.15) is 0 Å². The van der Waals surface area contributed by atoms with Gasteiger partial charge in [-0.3, -0.25) is 4.79 Å². The molecule has 2 unspecified atom stereocenters. The van der Waals surface area contributed by atoms with Crippen molar-refractivity contribution in [3.05, 3.63) is 28.8 Å². The third kappa shape index (κ3) is 4.29. The summed E-state index contributed by atoms with van der Waals surface area (Å²) in [5.74, 6) is -0.366. The van der Waals surface area contributed by atoms with Gasteiger partial charge in [0.2, 0.25) is 15.9 Å². The van der Waals surface area contributed by atoms with Gasteiger partial charge in [0.15, 0.2) is 0 Å². The van der Waals surface area contributed by atoms with Crippen molar-refractivity contribution in [3.8, 4) is 0 Å². The van der Waals surface area contributed by atoms with Gasteiger partial charge in [0, 0.05) is 24.2 Å². The summed E-state index contributed by atoms with van der Waals surface area (Å²) in [7, 11) is -3.63. The Bertz CT molecular complexity index is 706. The van der Waals surface area contributed by atoms with Gasteiger partial charge in [0.05, 0.1) is 10.8 Å². The molecule has 1 aliphatic heterocycles. The molecular weight excluding hydrogens is 348 g/mol. The van der Waals surface area contributed by atoms with Crippen LogP contribution in [-0.2, 0) is 14.8 Å². The lowest BCUT2D eigenvalue weighted by Gasteiger charge is -2.31. The van der Waals surface area contributed by atoms with Gasteiger partial charge in [-0.2, -0.15) is 4.31 Å². The van der Waals surface area contributed by atoms with Crippen molar-refractivity contribution >= 4 is 27.5 Å². The summed E-state index contributed by atoms with van der Waals surface area (Å²) in [5, 5.41) is 3.38. The lowest BCUT2D eigenvalue weighted by atomic mass is 9.98. The molecule has 1 aromatic rings. The molecule has 2 atom stereocenters. The first-order valence-electron chi connectivity index (χ1n) is 8.32. The number of rotatable bonds is 5. The van der Waals surface area contributed by atoms with Crippen LogP contribution in [0.3, 0.4) is 0 Å². The Balaban J connectivity index is 2.15. The molecule has 1 heterocycles. The Morgan fingerprint density at radius 2 is 2.17 bits per heavy atom. The van der Waals surface area contributed by atoms with E-state index in [9.17, 15) is 13.2 Å². The molecule has 1 fully saturated rings. The van der Waals surface area contributed by atoms with Gasteiger partial charge in [-0.25, -0.2) is 8.42 Å². The van der Waals surface area contributed by atoms with Gasteiger partial charge in [-0.1, -0.05) is 24.6 Å². The second-order valence-electron chi connectivity index (χ2n) is 6.43. The first kappa shape index (κ1) is 19.2. The standard InChI is InChI=1S/C17H25ClN2O3S/c1-4-13(3)19-17(21)14-6-5-9-20(11-14)24(22,23)15-8-7-12(2)16(18)10-15/h7-8,10,13-14H,4-6,9,11H2,1-3H3,(H,19,21). The van der Waals surface area contributed by atoms with E-state index < -0.39 is 10.0 Å². The zero-order chi connectivity index (χ0) is 17.9. The van der Waals surface area contributed by atoms with E-state index in [1.165, 1.54) is 10.4 Å². The number of benzene rings is 1. The minimum absolute atomic E-state index is 0.0637. The minimum atomic E-state index is -3.63. The molecule has 5 nitrogen and oxygen atoms in total. The highest BCUT2D eigenvalue weighted by Crippen LogP contribution is 2.26. The van der Waals surface area contributed by atoms with Crippen molar-refractivity contribution in [1.82, 2.24) is 9.62 Å². The molecule has 0 radical (unpaired) electrons. The fourth-order valence-corrected chi connectivity index (χ4v) is 4.52. The average Bonchev–Trinajstić information content (AvgIpc) is 2.57. The summed E-state index contributed by atoms with van der Waals surface area (Å²) < 4.78 is 27.1. The molecule has 1 N–H and O–H groups in total. The maximum Gasteiger partial charge on any atom is 0.243 e. The van der Waals surface area contributed by atoms with Crippen LogP contribution in [0.4, 0.5) is 0 Å². The molecule has 0 aromatic heterocycles. The van der Waals surface area contributed by atoms with Crippen LogP contribution >= 0.6 is 11.6 Å². The molecule has 0 spiro atoms. The highest BCUT2D eigenvalue weighted by atomic mass is 35.5. The number of carbonyl (C=O) groups is 1. The number of hydrogen-bond acceptors (Lipinski definition) is 3. The van der Waals surface area contributed by atoms with Crippen LogP contribution < -0.4 is 5.32 Å². The van der Waals surface area contributed by atoms with Crippen molar-refractivity contribution < 1.29 is 13.2 Å². The Morgan fingerprint density at radius 1 is 1.46 bits per heavy atom. The Kier molecular flexibility index (Phi) is 6.28. The SMILES string of the molecule is CCC(C)NC(=O)C1CCCN(S(=O)(=O)c2ccc(C)c(Cl)c2)C1. The van der Waals surface area contributed by atoms with E-state index >= 15 is 0 Å². The third-order valence-electron chi connectivity index (χ3n) is 4.54. The van der Waals surface area contributed by atoms with E-state index in [0.717, 1.165) is 12.0 Å². The molecule has 1 aliphatic rings. The zero-order valence-corrected chi connectivity index (χ0v) is 16.0. The summed E-state index contributed by atoms with van der Waals surface area (Å²) in [6, 6.07) is 4.85. The van der Waals surface area contributed by atoms with E-state index in [0.29, 0.717) is 24.4 Å². The number of sulfonamides is 1. The largest absolute Gasteiger partial charge is 0.353 e. The molecule has 1 aromatic carbocycles. The molecular formula is C17H25ClN2O3S. The van der Waals surface area contributed by atoms with Crippen molar-refractivity contribution in [2.45, 2.75) is 51.0 Å². The fraction of sp³-hybridized carbons (Fsp3) is 0.588. The summed E-state index contributed by atoms with van der Waals surface area (Å²) in [5.41, 5.74) is 0.833. The first-order chi connectivity index (χ1) is 11.3. The Morgan fingerprint density at radius 3 is 2.79 bits per heavy atom.